The molecule has 0 bridgehead atoms. The van der Waals surface area contributed by atoms with Crippen LogP contribution < -0.4 is 0 Å². The monoisotopic (exact) mass is 408 g/mol. The van der Waals surface area contributed by atoms with E-state index in [0.717, 1.165) is 0 Å². The van der Waals surface area contributed by atoms with Crippen molar-refractivity contribution < 1.29 is 45.3 Å². The zero-order chi connectivity index (χ0) is 20.4. The van der Waals surface area contributed by atoms with Gasteiger partial charge in [-0.3, -0.25) is 0 Å². The van der Waals surface area contributed by atoms with Gasteiger partial charge in [0.25, 0.3) is 0 Å². The van der Waals surface area contributed by atoms with E-state index >= 15 is 0 Å². The fourth-order valence-electron chi connectivity index (χ4n) is 2.80. The van der Waals surface area contributed by atoms with E-state index in [0.29, 0.717) is 12.8 Å². The normalized spacial score (nSPS) is 22.2. The first kappa shape index (κ1) is 22.7. The van der Waals surface area contributed by atoms with Crippen LogP contribution >= 0.6 is 0 Å². The molecule has 0 aromatic carbocycles. The topological polar surface area (TPSA) is 36.9 Å². The standard InChI is InChI=1S/C17H26F6O4/c1-3-13(5-24-6-13)9-26-11-15(18,19)17(22,23)16(20,21)12-27-10-14(4-2)7-25-8-14/h3-12H2,1-2H3. The van der Waals surface area contributed by atoms with E-state index in [1.165, 1.54) is 0 Å². The largest absolute Gasteiger partial charge is 0.380 e. The van der Waals surface area contributed by atoms with Crippen LogP contribution in [0.5, 0.6) is 0 Å². The molecule has 2 rings (SSSR count). The molecule has 0 saturated carbocycles. The summed E-state index contributed by atoms with van der Waals surface area (Å²) in [7, 11) is 0. The Morgan fingerprint density at radius 2 is 1.04 bits per heavy atom. The third kappa shape index (κ3) is 4.54. The molecule has 0 amide bonds. The van der Waals surface area contributed by atoms with Crippen LogP contribution in [0.15, 0.2) is 0 Å². The SMILES string of the molecule is CCC1(COCC(F)(F)C(F)(F)C(F)(F)COCC2(CC)COC2)COC1. The van der Waals surface area contributed by atoms with Gasteiger partial charge in [-0.05, 0) is 12.8 Å². The highest BCUT2D eigenvalue weighted by molar-refractivity contribution is 4.97. The number of rotatable bonds is 12. The Balaban J connectivity index is 1.87. The van der Waals surface area contributed by atoms with Crippen molar-refractivity contribution >= 4 is 0 Å². The van der Waals surface area contributed by atoms with Gasteiger partial charge in [-0.1, -0.05) is 13.8 Å². The van der Waals surface area contributed by atoms with Crippen molar-refractivity contribution in [1.29, 1.82) is 0 Å². The van der Waals surface area contributed by atoms with Crippen molar-refractivity contribution in [2.24, 2.45) is 10.8 Å². The molecule has 0 aromatic rings. The molecule has 2 aliphatic rings. The molecule has 160 valence electrons. The van der Waals surface area contributed by atoms with Crippen molar-refractivity contribution in [3.63, 3.8) is 0 Å². The predicted molar refractivity (Wildman–Crippen MR) is 83.6 cm³/mol. The molecule has 27 heavy (non-hydrogen) atoms. The quantitative estimate of drug-likeness (QED) is 0.461. The maximum Gasteiger partial charge on any atom is 0.376 e. The second-order valence-electron chi connectivity index (χ2n) is 7.66. The lowest BCUT2D eigenvalue weighted by Crippen LogP contribution is -2.59. The second kappa shape index (κ2) is 8.04. The molecular formula is C17H26F6O4. The van der Waals surface area contributed by atoms with Gasteiger partial charge in [-0.15, -0.1) is 0 Å². The maximum atomic E-state index is 13.9. The second-order valence-corrected chi connectivity index (χ2v) is 7.66. The molecule has 2 saturated heterocycles. The summed E-state index contributed by atoms with van der Waals surface area (Å²) in [6.45, 7) is 0.495. The average molecular weight is 408 g/mol. The van der Waals surface area contributed by atoms with Crippen LogP contribution in [0.3, 0.4) is 0 Å². The van der Waals surface area contributed by atoms with E-state index in [1.54, 1.807) is 13.8 Å². The van der Waals surface area contributed by atoms with Crippen LogP contribution in [0.2, 0.25) is 0 Å². The highest BCUT2D eigenvalue weighted by atomic mass is 19.3. The zero-order valence-corrected chi connectivity index (χ0v) is 15.5. The summed E-state index contributed by atoms with van der Waals surface area (Å²) in [5.41, 5.74) is -1.04. The molecule has 0 aromatic heterocycles. The van der Waals surface area contributed by atoms with Crippen LogP contribution in [-0.4, -0.2) is 70.6 Å². The summed E-state index contributed by atoms with van der Waals surface area (Å²) in [5, 5.41) is 0. The average Bonchev–Trinajstić information content (AvgIpc) is 2.52. The molecule has 0 aliphatic carbocycles. The molecule has 10 heteroatoms. The van der Waals surface area contributed by atoms with E-state index in [2.05, 4.69) is 9.47 Å². The van der Waals surface area contributed by atoms with E-state index < -0.39 is 41.8 Å². The van der Waals surface area contributed by atoms with Gasteiger partial charge < -0.3 is 18.9 Å². The summed E-state index contributed by atoms with van der Waals surface area (Å²) in [6.07, 6.45) is 1.09. The minimum absolute atomic E-state index is 0.254. The first-order chi connectivity index (χ1) is 12.4. The lowest BCUT2D eigenvalue weighted by molar-refractivity contribution is -0.333. The fourth-order valence-corrected chi connectivity index (χ4v) is 2.80. The predicted octanol–water partition coefficient (Wildman–Crippen LogP) is 3.78. The van der Waals surface area contributed by atoms with Gasteiger partial charge in [0.1, 0.15) is 13.2 Å². The first-order valence-corrected chi connectivity index (χ1v) is 8.89. The Morgan fingerprint density at radius 1 is 0.704 bits per heavy atom. The van der Waals surface area contributed by atoms with Crippen molar-refractivity contribution in [2.45, 2.75) is 44.5 Å². The third-order valence-corrected chi connectivity index (χ3v) is 5.43. The number of hydrogen-bond acceptors (Lipinski definition) is 4. The fraction of sp³-hybridized carbons (Fsp3) is 1.00. The molecule has 2 fully saturated rings. The maximum absolute atomic E-state index is 13.9. The Morgan fingerprint density at radius 3 is 1.26 bits per heavy atom. The van der Waals surface area contributed by atoms with Crippen LogP contribution in [0.4, 0.5) is 26.3 Å². The van der Waals surface area contributed by atoms with Gasteiger partial charge in [0, 0.05) is 10.8 Å². The Kier molecular flexibility index (Phi) is 6.76. The Hall–Kier alpha value is -0.580. The van der Waals surface area contributed by atoms with Crippen molar-refractivity contribution in [1.82, 2.24) is 0 Å². The third-order valence-electron chi connectivity index (χ3n) is 5.43. The minimum atomic E-state index is -5.61. The smallest absolute Gasteiger partial charge is 0.376 e. The number of alkyl halides is 6. The molecule has 0 unspecified atom stereocenters. The number of ether oxygens (including phenoxy) is 4. The van der Waals surface area contributed by atoms with Crippen LogP contribution in [-0.2, 0) is 18.9 Å². The van der Waals surface area contributed by atoms with Crippen LogP contribution in [0.1, 0.15) is 26.7 Å². The Labute approximate surface area is 154 Å². The first-order valence-electron chi connectivity index (χ1n) is 8.89. The number of hydrogen-bond donors (Lipinski definition) is 0. The van der Waals surface area contributed by atoms with Gasteiger partial charge in [0.05, 0.1) is 39.6 Å². The van der Waals surface area contributed by atoms with Crippen molar-refractivity contribution in [3.8, 4) is 0 Å². The lowest BCUT2D eigenvalue weighted by atomic mass is 9.84. The highest BCUT2D eigenvalue weighted by Gasteiger charge is 2.71. The lowest BCUT2D eigenvalue weighted by Gasteiger charge is -2.41. The van der Waals surface area contributed by atoms with Crippen LogP contribution in [0.25, 0.3) is 0 Å². The molecular weight excluding hydrogens is 382 g/mol. The van der Waals surface area contributed by atoms with Gasteiger partial charge in [-0.25, -0.2) is 0 Å². The van der Waals surface area contributed by atoms with Crippen LogP contribution in [0, 0.1) is 10.8 Å². The molecule has 4 nitrogen and oxygen atoms in total. The molecule has 0 N–H and O–H groups in total. The van der Waals surface area contributed by atoms with E-state index in [1.807, 2.05) is 0 Å². The minimum Gasteiger partial charge on any atom is -0.380 e. The summed E-state index contributed by atoms with van der Waals surface area (Å²) in [6, 6.07) is 0. The summed E-state index contributed by atoms with van der Waals surface area (Å²) in [5.74, 6) is -15.7. The van der Waals surface area contributed by atoms with E-state index in [4.69, 9.17) is 9.47 Å². The highest BCUT2D eigenvalue weighted by Crippen LogP contribution is 2.46. The van der Waals surface area contributed by atoms with Crippen molar-refractivity contribution in [2.75, 3.05) is 52.9 Å². The molecule has 2 aliphatic heterocycles. The van der Waals surface area contributed by atoms with E-state index in [9.17, 15) is 26.3 Å². The summed E-state index contributed by atoms with van der Waals surface area (Å²) in [4.78, 5) is 0. The molecule has 0 spiro atoms. The number of halogens is 6. The molecule has 0 radical (unpaired) electrons. The summed E-state index contributed by atoms with van der Waals surface area (Å²) >= 11 is 0. The van der Waals surface area contributed by atoms with Crippen molar-refractivity contribution in [3.05, 3.63) is 0 Å². The van der Waals surface area contributed by atoms with Gasteiger partial charge in [0.15, 0.2) is 0 Å². The molecule has 2 heterocycles. The molecule has 0 atom stereocenters. The van der Waals surface area contributed by atoms with Gasteiger partial charge in [0.2, 0.25) is 0 Å². The Bertz CT molecular complexity index is 439. The van der Waals surface area contributed by atoms with Gasteiger partial charge in [-0.2, -0.15) is 26.3 Å². The zero-order valence-electron chi connectivity index (χ0n) is 15.5. The summed E-state index contributed by atoms with van der Waals surface area (Å²) < 4.78 is 102. The van der Waals surface area contributed by atoms with E-state index in [-0.39, 0.29) is 39.6 Å². The van der Waals surface area contributed by atoms with Gasteiger partial charge >= 0.3 is 17.8 Å².